The van der Waals surface area contributed by atoms with Crippen LogP contribution in [0.15, 0.2) is 48.5 Å². The van der Waals surface area contributed by atoms with E-state index < -0.39 is 24.5 Å². The van der Waals surface area contributed by atoms with E-state index in [4.69, 9.17) is 9.47 Å². The number of benzene rings is 2. The molecular formula is C20H20N2O5S2. The largest absolute Gasteiger partial charge is 0.497 e. The van der Waals surface area contributed by atoms with Crippen molar-refractivity contribution in [2.75, 3.05) is 30.5 Å². The molecule has 2 aromatic carbocycles. The Bertz CT molecular complexity index is 865. The Morgan fingerprint density at radius 1 is 1.00 bits per heavy atom. The molecule has 1 heterocycles. The van der Waals surface area contributed by atoms with E-state index in [1.165, 1.54) is 7.11 Å². The molecule has 0 atom stereocenters. The van der Waals surface area contributed by atoms with Crippen molar-refractivity contribution >= 4 is 47.1 Å². The van der Waals surface area contributed by atoms with Gasteiger partial charge in [-0.1, -0.05) is 12.1 Å². The van der Waals surface area contributed by atoms with Crippen molar-refractivity contribution in [2.24, 2.45) is 0 Å². The van der Waals surface area contributed by atoms with Crippen LogP contribution in [-0.2, 0) is 9.53 Å². The predicted molar refractivity (Wildman–Crippen MR) is 115 cm³/mol. The van der Waals surface area contributed by atoms with E-state index >= 15 is 0 Å². The molecule has 0 spiro atoms. The molecule has 0 unspecified atom stereocenters. The third kappa shape index (κ3) is 6.16. The minimum Gasteiger partial charge on any atom is -0.497 e. The molecule has 2 N–H and O–H groups in total. The van der Waals surface area contributed by atoms with Crippen molar-refractivity contribution in [3.8, 4) is 5.75 Å². The average Bonchev–Trinajstić information content (AvgIpc) is 3.27. The van der Waals surface area contributed by atoms with Crippen LogP contribution >= 0.6 is 23.5 Å². The Morgan fingerprint density at radius 2 is 1.66 bits per heavy atom. The van der Waals surface area contributed by atoms with Crippen molar-refractivity contribution in [2.45, 2.75) is 4.58 Å². The Kier molecular flexibility index (Phi) is 7.42. The number of carbonyl (C=O) groups excluding carboxylic acids is 3. The van der Waals surface area contributed by atoms with Crippen LogP contribution in [0.5, 0.6) is 5.75 Å². The Hall–Kier alpha value is -2.65. The smallest absolute Gasteiger partial charge is 0.338 e. The number of hydrogen-bond donors (Lipinski definition) is 2. The van der Waals surface area contributed by atoms with Gasteiger partial charge >= 0.3 is 12.0 Å². The van der Waals surface area contributed by atoms with Gasteiger partial charge < -0.3 is 14.8 Å². The first-order chi connectivity index (χ1) is 14.0. The maximum atomic E-state index is 12.1. The van der Waals surface area contributed by atoms with E-state index in [1.54, 1.807) is 36.4 Å². The first-order valence-electron chi connectivity index (χ1n) is 8.80. The van der Waals surface area contributed by atoms with Crippen molar-refractivity contribution in [1.82, 2.24) is 5.32 Å². The molecule has 1 saturated heterocycles. The van der Waals surface area contributed by atoms with Crippen molar-refractivity contribution in [3.05, 3.63) is 59.7 Å². The molecule has 7 nitrogen and oxygen atoms in total. The van der Waals surface area contributed by atoms with Crippen LogP contribution in [-0.4, -0.2) is 43.1 Å². The van der Waals surface area contributed by atoms with Gasteiger partial charge in [-0.25, -0.2) is 9.59 Å². The van der Waals surface area contributed by atoms with E-state index in [-0.39, 0.29) is 0 Å². The average molecular weight is 433 g/mol. The van der Waals surface area contributed by atoms with Crippen LogP contribution in [0.25, 0.3) is 0 Å². The molecule has 9 heteroatoms. The van der Waals surface area contributed by atoms with Crippen LogP contribution in [0.3, 0.4) is 0 Å². The van der Waals surface area contributed by atoms with Crippen molar-refractivity contribution in [1.29, 1.82) is 0 Å². The van der Waals surface area contributed by atoms with Gasteiger partial charge in [-0.05, 0) is 42.0 Å². The lowest BCUT2D eigenvalue weighted by Crippen LogP contribution is -2.37. The summed E-state index contributed by atoms with van der Waals surface area (Å²) in [5, 5.41) is 4.61. The lowest BCUT2D eigenvalue weighted by atomic mass is 10.1. The summed E-state index contributed by atoms with van der Waals surface area (Å²) in [6, 6.07) is 13.1. The second kappa shape index (κ2) is 10.2. The molecule has 1 aliphatic heterocycles. The van der Waals surface area contributed by atoms with E-state index in [0.717, 1.165) is 17.1 Å². The zero-order valence-corrected chi connectivity index (χ0v) is 17.3. The SMILES string of the molecule is COc1ccc(NC(=O)NC(=O)COC(=O)c2ccc(C3SCCS3)cc2)cc1. The van der Waals surface area contributed by atoms with E-state index in [9.17, 15) is 14.4 Å². The second-order valence-electron chi connectivity index (χ2n) is 6.00. The highest BCUT2D eigenvalue weighted by molar-refractivity contribution is 8.19. The fraction of sp³-hybridized carbons (Fsp3) is 0.250. The summed E-state index contributed by atoms with van der Waals surface area (Å²) in [5.74, 6) is 1.56. The molecule has 152 valence electrons. The molecule has 0 aromatic heterocycles. The van der Waals surface area contributed by atoms with Crippen LogP contribution in [0.1, 0.15) is 20.5 Å². The van der Waals surface area contributed by atoms with Crippen LogP contribution in [0.4, 0.5) is 10.5 Å². The number of urea groups is 1. The minimum absolute atomic E-state index is 0.359. The number of ether oxygens (including phenoxy) is 2. The number of rotatable bonds is 6. The predicted octanol–water partition coefficient (Wildman–Crippen LogP) is 3.68. The molecular weight excluding hydrogens is 412 g/mol. The highest BCUT2D eigenvalue weighted by Crippen LogP contribution is 2.45. The molecule has 29 heavy (non-hydrogen) atoms. The van der Waals surface area contributed by atoms with E-state index in [1.807, 2.05) is 35.7 Å². The van der Waals surface area contributed by atoms with Gasteiger partial charge in [0.1, 0.15) is 5.75 Å². The Labute approximate surface area is 176 Å². The highest BCUT2D eigenvalue weighted by Gasteiger charge is 2.19. The maximum Gasteiger partial charge on any atom is 0.338 e. The number of esters is 1. The van der Waals surface area contributed by atoms with Gasteiger partial charge in [-0.2, -0.15) is 0 Å². The zero-order chi connectivity index (χ0) is 20.6. The number of amides is 3. The molecule has 3 amide bonds. The summed E-state index contributed by atoms with van der Waals surface area (Å²) in [6.07, 6.45) is 0. The third-order valence-electron chi connectivity index (χ3n) is 3.98. The topological polar surface area (TPSA) is 93.7 Å². The highest BCUT2D eigenvalue weighted by atomic mass is 32.2. The molecule has 0 aliphatic carbocycles. The summed E-state index contributed by atoms with van der Waals surface area (Å²) in [5.41, 5.74) is 2.01. The lowest BCUT2D eigenvalue weighted by molar-refractivity contribution is -0.123. The number of imide groups is 1. The number of nitrogens with one attached hydrogen (secondary N) is 2. The second-order valence-corrected chi connectivity index (χ2v) is 8.73. The lowest BCUT2D eigenvalue weighted by Gasteiger charge is -2.10. The molecule has 0 radical (unpaired) electrons. The molecule has 1 aliphatic rings. The minimum atomic E-state index is -0.722. The van der Waals surface area contributed by atoms with Crippen LogP contribution in [0.2, 0.25) is 0 Å². The van der Waals surface area contributed by atoms with Crippen molar-refractivity contribution in [3.63, 3.8) is 0 Å². The molecule has 0 bridgehead atoms. The van der Waals surface area contributed by atoms with Crippen LogP contribution < -0.4 is 15.4 Å². The van der Waals surface area contributed by atoms with Gasteiger partial charge in [0.15, 0.2) is 6.61 Å². The van der Waals surface area contributed by atoms with Gasteiger partial charge in [0.05, 0.1) is 17.3 Å². The maximum absolute atomic E-state index is 12.1. The van der Waals surface area contributed by atoms with E-state index in [0.29, 0.717) is 21.6 Å². The number of thioether (sulfide) groups is 2. The first-order valence-corrected chi connectivity index (χ1v) is 10.9. The monoisotopic (exact) mass is 432 g/mol. The fourth-order valence-corrected chi connectivity index (χ4v) is 5.40. The standard InChI is InChI=1S/C20H20N2O5S2/c1-26-16-8-6-15(7-9-16)21-20(25)22-17(23)12-27-18(24)13-2-4-14(5-3-13)19-28-10-11-29-19/h2-9,19H,10-12H2,1H3,(H2,21,22,23,25). The van der Waals surface area contributed by atoms with Crippen LogP contribution in [0, 0.1) is 0 Å². The van der Waals surface area contributed by atoms with Gasteiger partial charge in [0.2, 0.25) is 0 Å². The molecule has 0 saturated carbocycles. The summed E-state index contributed by atoms with van der Waals surface area (Å²) in [4.78, 5) is 35.8. The Morgan fingerprint density at radius 3 is 2.28 bits per heavy atom. The quantitative estimate of drug-likeness (QED) is 0.673. The van der Waals surface area contributed by atoms with Gasteiger partial charge in [-0.3, -0.25) is 10.1 Å². The fourth-order valence-electron chi connectivity index (χ4n) is 2.54. The summed E-state index contributed by atoms with van der Waals surface area (Å²) < 4.78 is 10.4. The zero-order valence-electron chi connectivity index (χ0n) is 15.7. The third-order valence-corrected chi connectivity index (χ3v) is 7.08. The van der Waals surface area contributed by atoms with Gasteiger partial charge in [0.25, 0.3) is 5.91 Å². The van der Waals surface area contributed by atoms with E-state index in [2.05, 4.69) is 10.6 Å². The normalized spacial score (nSPS) is 13.6. The summed E-state index contributed by atoms with van der Waals surface area (Å²) >= 11 is 3.76. The summed E-state index contributed by atoms with van der Waals surface area (Å²) in [6.45, 7) is -0.551. The number of carbonyl (C=O) groups is 3. The number of hydrogen-bond acceptors (Lipinski definition) is 7. The molecule has 3 rings (SSSR count). The summed E-state index contributed by atoms with van der Waals surface area (Å²) in [7, 11) is 1.54. The molecule has 1 fully saturated rings. The Balaban J connectivity index is 1.43. The molecule has 2 aromatic rings. The van der Waals surface area contributed by atoms with Gasteiger partial charge in [0, 0.05) is 17.2 Å². The number of methoxy groups -OCH3 is 1. The van der Waals surface area contributed by atoms with Crippen molar-refractivity contribution < 1.29 is 23.9 Å². The number of anilines is 1. The van der Waals surface area contributed by atoms with Gasteiger partial charge in [-0.15, -0.1) is 23.5 Å². The first kappa shape index (κ1) is 21.1.